The van der Waals surface area contributed by atoms with Crippen LogP contribution in [-0.2, 0) is 9.53 Å². The van der Waals surface area contributed by atoms with Crippen LogP contribution in [0.15, 0.2) is 0 Å². The van der Waals surface area contributed by atoms with Gasteiger partial charge in [-0.05, 0) is 32.2 Å². The molecule has 4 heteroatoms. The Hall–Kier alpha value is -0.610. The van der Waals surface area contributed by atoms with Gasteiger partial charge in [-0.1, -0.05) is 25.7 Å². The van der Waals surface area contributed by atoms with E-state index in [1.165, 1.54) is 38.5 Å². The van der Waals surface area contributed by atoms with Gasteiger partial charge < -0.3 is 15.4 Å². The second-order valence-corrected chi connectivity index (χ2v) is 5.82. The van der Waals surface area contributed by atoms with Crippen LogP contribution in [0.5, 0.6) is 0 Å². The smallest absolute Gasteiger partial charge is 0.224 e. The Kier molecular flexibility index (Phi) is 6.65. The number of nitrogens with one attached hydrogen (secondary N) is 2. The number of carbonyl (C=O) groups excluding carboxylic acids is 1. The molecule has 2 aliphatic rings. The summed E-state index contributed by atoms with van der Waals surface area (Å²) in [7, 11) is 0. The van der Waals surface area contributed by atoms with Crippen LogP contribution in [0.2, 0.25) is 0 Å². The van der Waals surface area contributed by atoms with Crippen LogP contribution in [0, 0.1) is 5.92 Å². The summed E-state index contributed by atoms with van der Waals surface area (Å²) in [6, 6.07) is 0. The van der Waals surface area contributed by atoms with Crippen LogP contribution >= 0.6 is 0 Å². The van der Waals surface area contributed by atoms with Gasteiger partial charge in [-0.3, -0.25) is 4.79 Å². The summed E-state index contributed by atoms with van der Waals surface area (Å²) in [6.45, 7) is 3.20. The zero-order valence-corrected chi connectivity index (χ0v) is 12.0. The van der Waals surface area contributed by atoms with E-state index in [0.717, 1.165) is 25.9 Å². The van der Waals surface area contributed by atoms with Gasteiger partial charge in [-0.2, -0.15) is 0 Å². The van der Waals surface area contributed by atoms with E-state index in [-0.39, 0.29) is 11.8 Å². The molecule has 1 heterocycles. The van der Waals surface area contributed by atoms with E-state index in [2.05, 4.69) is 10.6 Å². The Balaban J connectivity index is 1.54. The lowest BCUT2D eigenvalue weighted by molar-refractivity contribution is -0.125. The van der Waals surface area contributed by atoms with Crippen LogP contribution < -0.4 is 10.6 Å². The van der Waals surface area contributed by atoms with E-state index in [4.69, 9.17) is 4.74 Å². The topological polar surface area (TPSA) is 50.4 Å². The summed E-state index contributed by atoms with van der Waals surface area (Å²) >= 11 is 0. The molecule has 2 N–H and O–H groups in total. The summed E-state index contributed by atoms with van der Waals surface area (Å²) in [4.78, 5) is 11.9. The molecule has 19 heavy (non-hydrogen) atoms. The van der Waals surface area contributed by atoms with Gasteiger partial charge in [-0.25, -0.2) is 0 Å². The van der Waals surface area contributed by atoms with Crippen molar-refractivity contribution in [3.63, 3.8) is 0 Å². The molecule has 1 amide bonds. The predicted octanol–water partition coefficient (Wildman–Crippen LogP) is 1.84. The minimum Gasteiger partial charge on any atom is -0.376 e. The molecule has 1 aliphatic carbocycles. The molecule has 110 valence electrons. The number of rotatable bonds is 5. The highest BCUT2D eigenvalue weighted by Crippen LogP contribution is 2.19. The molecule has 4 nitrogen and oxygen atoms in total. The van der Waals surface area contributed by atoms with E-state index in [0.29, 0.717) is 19.3 Å². The minimum absolute atomic E-state index is 0.159. The third kappa shape index (κ3) is 5.49. The lowest BCUT2D eigenvalue weighted by Crippen LogP contribution is -2.41. The molecule has 0 bridgehead atoms. The average molecular weight is 268 g/mol. The molecule has 1 atom stereocenters. The number of amides is 1. The van der Waals surface area contributed by atoms with Crippen molar-refractivity contribution >= 4 is 5.91 Å². The number of hydrogen-bond donors (Lipinski definition) is 2. The van der Waals surface area contributed by atoms with Crippen molar-refractivity contribution in [2.45, 2.75) is 57.5 Å². The minimum atomic E-state index is 0.159. The van der Waals surface area contributed by atoms with Gasteiger partial charge in [0.25, 0.3) is 0 Å². The maximum atomic E-state index is 11.9. The van der Waals surface area contributed by atoms with Crippen molar-refractivity contribution in [1.29, 1.82) is 0 Å². The van der Waals surface area contributed by atoms with Crippen LogP contribution in [0.3, 0.4) is 0 Å². The first-order valence-corrected chi connectivity index (χ1v) is 7.96. The van der Waals surface area contributed by atoms with Gasteiger partial charge in [0.05, 0.1) is 18.6 Å². The molecule has 2 rings (SSSR count). The van der Waals surface area contributed by atoms with Gasteiger partial charge in [0, 0.05) is 13.1 Å². The number of ether oxygens (including phenoxy) is 1. The summed E-state index contributed by atoms with van der Waals surface area (Å²) in [5, 5.41) is 6.28. The van der Waals surface area contributed by atoms with Crippen LogP contribution in [-0.4, -0.2) is 38.3 Å². The largest absolute Gasteiger partial charge is 0.376 e. The van der Waals surface area contributed by atoms with Gasteiger partial charge in [-0.15, -0.1) is 0 Å². The first-order valence-electron chi connectivity index (χ1n) is 7.96. The second kappa shape index (κ2) is 8.54. The van der Waals surface area contributed by atoms with Crippen molar-refractivity contribution in [3.8, 4) is 0 Å². The standard InChI is InChI=1S/C15H28N2O2/c18-15(13-6-5-9-16-12-13)17-10-11-19-14-7-3-1-2-4-8-14/h13-14,16H,1-12H2,(H,17,18). The molecule has 0 radical (unpaired) electrons. The maximum absolute atomic E-state index is 11.9. The third-order valence-electron chi connectivity index (χ3n) is 4.22. The normalized spacial score (nSPS) is 25.8. The molecule has 0 spiro atoms. The van der Waals surface area contributed by atoms with Crippen LogP contribution in [0.25, 0.3) is 0 Å². The Morgan fingerprint density at radius 1 is 1.11 bits per heavy atom. The van der Waals surface area contributed by atoms with Crippen LogP contribution in [0.4, 0.5) is 0 Å². The Labute approximate surface area is 116 Å². The second-order valence-electron chi connectivity index (χ2n) is 5.82. The van der Waals surface area contributed by atoms with E-state index in [1.807, 2.05) is 0 Å². The Morgan fingerprint density at radius 2 is 1.89 bits per heavy atom. The molecule has 1 unspecified atom stereocenters. The average Bonchev–Trinajstić information content (AvgIpc) is 2.73. The first kappa shape index (κ1) is 14.8. The van der Waals surface area contributed by atoms with Gasteiger partial charge in [0.2, 0.25) is 5.91 Å². The van der Waals surface area contributed by atoms with Crippen LogP contribution in [0.1, 0.15) is 51.4 Å². The van der Waals surface area contributed by atoms with Gasteiger partial charge >= 0.3 is 0 Å². The summed E-state index contributed by atoms with van der Waals surface area (Å²) in [6.07, 6.45) is 10.2. The fourth-order valence-electron chi connectivity index (χ4n) is 3.03. The zero-order chi connectivity index (χ0) is 13.3. The van der Waals surface area contributed by atoms with E-state index in [1.54, 1.807) is 0 Å². The van der Waals surface area contributed by atoms with Crippen molar-refractivity contribution in [2.24, 2.45) is 5.92 Å². The molecular weight excluding hydrogens is 240 g/mol. The van der Waals surface area contributed by atoms with Crippen molar-refractivity contribution in [1.82, 2.24) is 10.6 Å². The summed E-state index contributed by atoms with van der Waals surface area (Å²) in [5.41, 5.74) is 0. The molecule has 0 aromatic heterocycles. The molecule has 1 saturated carbocycles. The Morgan fingerprint density at radius 3 is 2.58 bits per heavy atom. The highest BCUT2D eigenvalue weighted by atomic mass is 16.5. The van der Waals surface area contributed by atoms with E-state index in [9.17, 15) is 4.79 Å². The van der Waals surface area contributed by atoms with Crippen molar-refractivity contribution in [3.05, 3.63) is 0 Å². The third-order valence-corrected chi connectivity index (χ3v) is 4.22. The molecular formula is C15H28N2O2. The molecule has 2 fully saturated rings. The number of piperidine rings is 1. The highest BCUT2D eigenvalue weighted by molar-refractivity contribution is 5.78. The Bertz CT molecular complexity index is 257. The number of hydrogen-bond acceptors (Lipinski definition) is 3. The lowest BCUT2D eigenvalue weighted by Gasteiger charge is -2.22. The molecule has 1 saturated heterocycles. The van der Waals surface area contributed by atoms with Gasteiger partial charge in [0.1, 0.15) is 0 Å². The highest BCUT2D eigenvalue weighted by Gasteiger charge is 2.20. The SMILES string of the molecule is O=C(NCCOC1CCCCCC1)C1CCCNC1. The summed E-state index contributed by atoms with van der Waals surface area (Å²) < 4.78 is 5.87. The maximum Gasteiger partial charge on any atom is 0.224 e. The lowest BCUT2D eigenvalue weighted by atomic mass is 9.99. The fourth-order valence-corrected chi connectivity index (χ4v) is 3.03. The summed E-state index contributed by atoms with van der Waals surface area (Å²) in [5.74, 6) is 0.350. The monoisotopic (exact) mass is 268 g/mol. The van der Waals surface area contributed by atoms with Gasteiger partial charge in [0.15, 0.2) is 0 Å². The van der Waals surface area contributed by atoms with E-state index >= 15 is 0 Å². The zero-order valence-electron chi connectivity index (χ0n) is 12.0. The quantitative estimate of drug-likeness (QED) is 0.591. The molecule has 1 aliphatic heterocycles. The molecule has 0 aromatic rings. The predicted molar refractivity (Wildman–Crippen MR) is 76.0 cm³/mol. The number of carbonyl (C=O) groups is 1. The fraction of sp³-hybridized carbons (Fsp3) is 0.933. The first-order chi connectivity index (χ1) is 9.36. The van der Waals surface area contributed by atoms with Crippen molar-refractivity contribution < 1.29 is 9.53 Å². The van der Waals surface area contributed by atoms with E-state index < -0.39 is 0 Å². The molecule has 0 aromatic carbocycles. The van der Waals surface area contributed by atoms with Crippen molar-refractivity contribution in [2.75, 3.05) is 26.2 Å².